The molecule has 0 atom stereocenters. The van der Waals surface area contributed by atoms with Gasteiger partial charge < -0.3 is 19.2 Å². The number of rotatable bonds is 8. The van der Waals surface area contributed by atoms with Crippen LogP contribution in [0.25, 0.3) is 0 Å². The van der Waals surface area contributed by atoms with Gasteiger partial charge in [0.15, 0.2) is 0 Å². The minimum Gasteiger partial charge on any atom is -0.468 e. The van der Waals surface area contributed by atoms with Crippen molar-refractivity contribution in [3.05, 3.63) is 23.7 Å². The molecule has 1 aromatic heterocycles. The van der Waals surface area contributed by atoms with Crippen molar-refractivity contribution in [3.63, 3.8) is 0 Å². The molecule has 0 fully saturated rings. The van der Waals surface area contributed by atoms with Crippen LogP contribution in [0.2, 0.25) is 0 Å². The summed E-state index contributed by atoms with van der Waals surface area (Å²) in [4.78, 5) is 0. The highest BCUT2D eigenvalue weighted by molar-refractivity contribution is 5.16. The fraction of sp³-hybridized carbons (Fsp3) is 0.714. The maximum absolute atomic E-state index is 5.54. The van der Waals surface area contributed by atoms with Gasteiger partial charge in [0.1, 0.15) is 5.76 Å². The van der Waals surface area contributed by atoms with Gasteiger partial charge in [-0.2, -0.15) is 0 Å². The van der Waals surface area contributed by atoms with Crippen molar-refractivity contribution in [2.75, 3.05) is 19.8 Å². The zero-order valence-electron chi connectivity index (χ0n) is 11.9. The van der Waals surface area contributed by atoms with E-state index in [1.165, 1.54) is 0 Å². The lowest BCUT2D eigenvalue weighted by Crippen LogP contribution is -2.35. The quantitative estimate of drug-likeness (QED) is 0.725. The highest BCUT2D eigenvalue weighted by Gasteiger charge is 2.12. The van der Waals surface area contributed by atoms with Crippen LogP contribution in [0.4, 0.5) is 0 Å². The van der Waals surface area contributed by atoms with E-state index in [9.17, 15) is 0 Å². The van der Waals surface area contributed by atoms with Crippen LogP contribution < -0.4 is 5.32 Å². The maximum atomic E-state index is 5.54. The Kier molecular flexibility index (Phi) is 6.39. The molecule has 4 nitrogen and oxygen atoms in total. The lowest BCUT2D eigenvalue weighted by molar-refractivity contribution is 0.0447. The minimum absolute atomic E-state index is 0.0832. The molecule has 1 aromatic rings. The Morgan fingerprint density at radius 2 is 1.94 bits per heavy atom. The zero-order chi connectivity index (χ0) is 13.4. The van der Waals surface area contributed by atoms with Gasteiger partial charge in [0.2, 0.25) is 0 Å². The summed E-state index contributed by atoms with van der Waals surface area (Å²) in [6.07, 6.45) is 1.71. The van der Waals surface area contributed by atoms with E-state index in [0.29, 0.717) is 19.8 Å². The summed E-state index contributed by atoms with van der Waals surface area (Å²) in [5.74, 6) is 0.946. The molecule has 0 radical (unpaired) electrons. The molecule has 0 bridgehead atoms. The van der Waals surface area contributed by atoms with E-state index in [1.54, 1.807) is 6.26 Å². The summed E-state index contributed by atoms with van der Waals surface area (Å²) < 4.78 is 16.2. The topological polar surface area (TPSA) is 43.6 Å². The largest absolute Gasteiger partial charge is 0.468 e. The van der Waals surface area contributed by atoms with Crippen LogP contribution >= 0.6 is 0 Å². The summed E-state index contributed by atoms with van der Waals surface area (Å²) in [5.41, 5.74) is 1.18. The number of furan rings is 1. The normalized spacial score (nSPS) is 12.0. The predicted octanol–water partition coefficient (Wildman–Crippen LogP) is 2.72. The van der Waals surface area contributed by atoms with E-state index >= 15 is 0 Å². The highest BCUT2D eigenvalue weighted by atomic mass is 16.5. The maximum Gasteiger partial charge on any atom is 0.123 e. The first-order valence-electron chi connectivity index (χ1n) is 6.48. The second-order valence-corrected chi connectivity index (χ2v) is 5.22. The van der Waals surface area contributed by atoms with Gasteiger partial charge in [-0.15, -0.1) is 0 Å². The highest BCUT2D eigenvalue weighted by Crippen LogP contribution is 2.13. The predicted molar refractivity (Wildman–Crippen MR) is 71.4 cm³/mol. The molecule has 104 valence electrons. The molecule has 0 aromatic carbocycles. The summed E-state index contributed by atoms with van der Waals surface area (Å²) in [6, 6.07) is 1.96. The summed E-state index contributed by atoms with van der Waals surface area (Å²) in [6.45, 7) is 11.7. The van der Waals surface area contributed by atoms with E-state index in [1.807, 2.05) is 13.0 Å². The molecular formula is C14H25NO3. The third-order valence-electron chi connectivity index (χ3n) is 2.45. The van der Waals surface area contributed by atoms with Gasteiger partial charge >= 0.3 is 0 Å². The van der Waals surface area contributed by atoms with Crippen molar-refractivity contribution in [2.24, 2.45) is 0 Å². The van der Waals surface area contributed by atoms with Crippen molar-refractivity contribution in [3.8, 4) is 0 Å². The Balaban J connectivity index is 2.31. The van der Waals surface area contributed by atoms with Crippen LogP contribution in [-0.4, -0.2) is 25.4 Å². The van der Waals surface area contributed by atoms with E-state index in [0.717, 1.165) is 24.5 Å². The molecule has 0 spiro atoms. The smallest absolute Gasteiger partial charge is 0.123 e. The molecule has 0 unspecified atom stereocenters. The average Bonchev–Trinajstić information content (AvgIpc) is 2.73. The molecule has 0 aliphatic rings. The molecule has 0 aliphatic heterocycles. The second-order valence-electron chi connectivity index (χ2n) is 5.22. The minimum atomic E-state index is 0.0832. The zero-order valence-corrected chi connectivity index (χ0v) is 11.9. The summed E-state index contributed by atoms with van der Waals surface area (Å²) in [7, 11) is 0. The third-order valence-corrected chi connectivity index (χ3v) is 2.45. The SMILES string of the molecule is CCOCCOCc1ccoc1CNC(C)(C)C. The van der Waals surface area contributed by atoms with Gasteiger partial charge in [-0.25, -0.2) is 0 Å². The summed E-state index contributed by atoms with van der Waals surface area (Å²) in [5, 5.41) is 3.40. The Hall–Kier alpha value is -0.840. The van der Waals surface area contributed by atoms with Crippen molar-refractivity contribution in [1.82, 2.24) is 5.32 Å². The standard InChI is InChI=1S/C14H25NO3/c1-5-16-8-9-17-11-12-6-7-18-13(12)10-15-14(2,3)4/h6-7,15H,5,8-11H2,1-4H3. The van der Waals surface area contributed by atoms with E-state index in [2.05, 4.69) is 26.1 Å². The number of hydrogen-bond acceptors (Lipinski definition) is 4. The molecule has 4 heteroatoms. The first kappa shape index (κ1) is 15.2. The molecular weight excluding hydrogens is 230 g/mol. The second kappa shape index (κ2) is 7.56. The van der Waals surface area contributed by atoms with Crippen LogP contribution in [0, 0.1) is 0 Å². The Morgan fingerprint density at radius 3 is 2.61 bits per heavy atom. The van der Waals surface area contributed by atoms with Crippen molar-refractivity contribution in [2.45, 2.75) is 46.4 Å². The van der Waals surface area contributed by atoms with Gasteiger partial charge in [0, 0.05) is 17.7 Å². The first-order valence-corrected chi connectivity index (χ1v) is 6.48. The molecule has 1 N–H and O–H groups in total. The van der Waals surface area contributed by atoms with Crippen molar-refractivity contribution in [1.29, 1.82) is 0 Å². The van der Waals surface area contributed by atoms with Gasteiger partial charge in [-0.05, 0) is 33.8 Å². The number of ether oxygens (including phenoxy) is 2. The molecule has 0 saturated heterocycles. The van der Waals surface area contributed by atoms with Crippen LogP contribution in [0.3, 0.4) is 0 Å². The van der Waals surface area contributed by atoms with E-state index in [-0.39, 0.29) is 5.54 Å². The first-order chi connectivity index (χ1) is 8.53. The molecule has 1 rings (SSSR count). The summed E-state index contributed by atoms with van der Waals surface area (Å²) >= 11 is 0. The van der Waals surface area contributed by atoms with Gasteiger partial charge in [-0.1, -0.05) is 0 Å². The fourth-order valence-corrected chi connectivity index (χ4v) is 1.44. The molecule has 1 heterocycles. The number of hydrogen-bond donors (Lipinski definition) is 1. The molecule has 0 amide bonds. The average molecular weight is 255 g/mol. The van der Waals surface area contributed by atoms with Gasteiger partial charge in [-0.3, -0.25) is 0 Å². The lowest BCUT2D eigenvalue weighted by atomic mass is 10.1. The fourth-order valence-electron chi connectivity index (χ4n) is 1.44. The van der Waals surface area contributed by atoms with Crippen LogP contribution in [0.15, 0.2) is 16.7 Å². The van der Waals surface area contributed by atoms with E-state index < -0.39 is 0 Å². The molecule has 0 saturated carbocycles. The van der Waals surface area contributed by atoms with Crippen LogP contribution in [0.1, 0.15) is 39.0 Å². The van der Waals surface area contributed by atoms with Crippen molar-refractivity contribution < 1.29 is 13.9 Å². The van der Waals surface area contributed by atoms with Crippen LogP contribution in [0.5, 0.6) is 0 Å². The Labute approximate surface area is 110 Å². The molecule has 18 heavy (non-hydrogen) atoms. The van der Waals surface area contributed by atoms with Gasteiger partial charge in [0.05, 0.1) is 32.6 Å². The lowest BCUT2D eigenvalue weighted by Gasteiger charge is -2.20. The van der Waals surface area contributed by atoms with Crippen LogP contribution in [-0.2, 0) is 22.6 Å². The van der Waals surface area contributed by atoms with Crippen molar-refractivity contribution >= 4 is 0 Å². The third kappa shape index (κ3) is 6.19. The van der Waals surface area contributed by atoms with E-state index in [4.69, 9.17) is 13.9 Å². The Bertz CT molecular complexity index is 328. The Morgan fingerprint density at radius 1 is 1.22 bits per heavy atom. The molecule has 0 aliphatic carbocycles. The van der Waals surface area contributed by atoms with Gasteiger partial charge in [0.25, 0.3) is 0 Å². The monoisotopic (exact) mass is 255 g/mol. The number of nitrogens with one attached hydrogen (secondary N) is 1.